The van der Waals surface area contributed by atoms with Crippen LogP contribution in [0.1, 0.15) is 5.56 Å². The van der Waals surface area contributed by atoms with E-state index < -0.39 is 0 Å². The summed E-state index contributed by atoms with van der Waals surface area (Å²) in [7, 11) is 1.33. The van der Waals surface area contributed by atoms with E-state index in [0.717, 1.165) is 4.47 Å². The van der Waals surface area contributed by atoms with Crippen molar-refractivity contribution in [1.82, 2.24) is 0 Å². The molecule has 0 spiro atoms. The quantitative estimate of drug-likeness (QED) is 0.620. The number of hydrogen-bond donors (Lipinski definition) is 2. The molecule has 0 amide bonds. The zero-order chi connectivity index (χ0) is 10.7. The third-order valence-electron chi connectivity index (χ3n) is 1.82. The molecule has 0 saturated carbocycles. The van der Waals surface area contributed by atoms with Gasteiger partial charge < -0.3 is 16.2 Å². The molecular formula is C9H11BrN2O2. The maximum absolute atomic E-state index is 11.0. The molecule has 0 aliphatic carbocycles. The highest BCUT2D eigenvalue weighted by Crippen LogP contribution is 2.26. The minimum atomic E-state index is -0.339. The van der Waals surface area contributed by atoms with Gasteiger partial charge in [0.2, 0.25) is 0 Å². The third-order valence-corrected chi connectivity index (χ3v) is 2.28. The summed E-state index contributed by atoms with van der Waals surface area (Å²) < 4.78 is 5.33. The summed E-state index contributed by atoms with van der Waals surface area (Å²) in [6.45, 7) is 0. The number of esters is 1. The number of carbonyl (C=O) groups is 1. The van der Waals surface area contributed by atoms with E-state index in [4.69, 9.17) is 11.5 Å². The summed E-state index contributed by atoms with van der Waals surface area (Å²) in [5, 5.41) is 0. The fourth-order valence-corrected chi connectivity index (χ4v) is 1.59. The van der Waals surface area contributed by atoms with Crippen LogP contribution in [0.15, 0.2) is 16.6 Å². The summed E-state index contributed by atoms with van der Waals surface area (Å²) in [4.78, 5) is 11.0. The topological polar surface area (TPSA) is 78.3 Å². The number of anilines is 2. The summed E-state index contributed by atoms with van der Waals surface area (Å²) in [5.74, 6) is -0.339. The predicted molar refractivity (Wildman–Crippen MR) is 58.7 cm³/mol. The van der Waals surface area contributed by atoms with Gasteiger partial charge in [0, 0.05) is 4.47 Å². The van der Waals surface area contributed by atoms with Crippen LogP contribution in [0.5, 0.6) is 0 Å². The van der Waals surface area contributed by atoms with Crippen molar-refractivity contribution in [3.63, 3.8) is 0 Å². The zero-order valence-electron chi connectivity index (χ0n) is 7.71. The molecule has 4 N–H and O–H groups in total. The van der Waals surface area contributed by atoms with Crippen LogP contribution in [-0.2, 0) is 16.0 Å². The van der Waals surface area contributed by atoms with E-state index in [1.165, 1.54) is 7.11 Å². The second-order valence-electron chi connectivity index (χ2n) is 2.82. The molecule has 14 heavy (non-hydrogen) atoms. The van der Waals surface area contributed by atoms with Crippen molar-refractivity contribution in [2.24, 2.45) is 0 Å². The van der Waals surface area contributed by atoms with Crippen LogP contribution >= 0.6 is 15.9 Å². The van der Waals surface area contributed by atoms with Crippen LogP contribution in [0.4, 0.5) is 11.4 Å². The van der Waals surface area contributed by atoms with Crippen LogP contribution in [-0.4, -0.2) is 13.1 Å². The Balaban J connectivity index is 3.02. The Kier molecular flexibility index (Phi) is 3.35. The molecular weight excluding hydrogens is 248 g/mol. The molecule has 0 radical (unpaired) electrons. The smallest absolute Gasteiger partial charge is 0.310 e. The molecule has 0 bridgehead atoms. The van der Waals surface area contributed by atoms with E-state index in [-0.39, 0.29) is 12.4 Å². The Labute approximate surface area is 90.3 Å². The molecule has 1 aromatic carbocycles. The number of nitrogens with two attached hydrogens (primary N) is 2. The molecule has 4 nitrogen and oxygen atoms in total. The van der Waals surface area contributed by atoms with Crippen molar-refractivity contribution in [3.05, 3.63) is 22.2 Å². The number of methoxy groups -OCH3 is 1. The largest absolute Gasteiger partial charge is 0.469 e. The minimum Gasteiger partial charge on any atom is -0.469 e. The second kappa shape index (κ2) is 4.32. The first-order chi connectivity index (χ1) is 6.54. The van der Waals surface area contributed by atoms with Gasteiger partial charge in [-0.1, -0.05) is 15.9 Å². The van der Waals surface area contributed by atoms with Crippen molar-refractivity contribution >= 4 is 33.3 Å². The number of rotatable bonds is 2. The van der Waals surface area contributed by atoms with Gasteiger partial charge in [-0.2, -0.15) is 0 Å². The normalized spacial score (nSPS) is 9.86. The first-order valence-corrected chi connectivity index (χ1v) is 4.74. The Morgan fingerprint density at radius 2 is 2.14 bits per heavy atom. The number of carbonyl (C=O) groups excluding carboxylic acids is 1. The van der Waals surface area contributed by atoms with Crippen LogP contribution in [0, 0.1) is 0 Å². The first-order valence-electron chi connectivity index (χ1n) is 3.94. The fraction of sp³-hybridized carbons (Fsp3) is 0.222. The van der Waals surface area contributed by atoms with E-state index >= 15 is 0 Å². The highest BCUT2D eigenvalue weighted by atomic mass is 79.9. The maximum atomic E-state index is 11.0. The minimum absolute atomic E-state index is 0.131. The maximum Gasteiger partial charge on any atom is 0.310 e. The molecule has 0 aliphatic heterocycles. The number of hydrogen-bond acceptors (Lipinski definition) is 4. The van der Waals surface area contributed by atoms with E-state index in [9.17, 15) is 4.79 Å². The number of halogens is 1. The van der Waals surface area contributed by atoms with Crippen molar-refractivity contribution in [1.29, 1.82) is 0 Å². The van der Waals surface area contributed by atoms with E-state index in [2.05, 4.69) is 20.7 Å². The second-order valence-corrected chi connectivity index (χ2v) is 3.74. The van der Waals surface area contributed by atoms with Crippen LogP contribution in [0.3, 0.4) is 0 Å². The third kappa shape index (κ3) is 2.38. The summed E-state index contributed by atoms with van der Waals surface area (Å²) in [5.41, 5.74) is 12.9. The van der Waals surface area contributed by atoms with Crippen molar-refractivity contribution in [2.45, 2.75) is 6.42 Å². The first kappa shape index (κ1) is 10.8. The predicted octanol–water partition coefficient (Wildman–Crippen LogP) is 1.33. The van der Waals surface area contributed by atoms with Crippen molar-refractivity contribution in [3.8, 4) is 0 Å². The highest BCUT2D eigenvalue weighted by molar-refractivity contribution is 9.10. The molecule has 5 heteroatoms. The zero-order valence-corrected chi connectivity index (χ0v) is 9.30. The van der Waals surface area contributed by atoms with Gasteiger partial charge in [0.05, 0.1) is 24.9 Å². The lowest BCUT2D eigenvalue weighted by atomic mass is 10.1. The lowest BCUT2D eigenvalue weighted by Crippen LogP contribution is -2.08. The number of nitrogen functional groups attached to an aromatic ring is 2. The summed E-state index contributed by atoms with van der Waals surface area (Å²) in [6.07, 6.45) is 0.131. The average Bonchev–Trinajstić information content (AvgIpc) is 2.13. The molecule has 0 atom stereocenters. The van der Waals surface area contributed by atoms with Gasteiger partial charge in [-0.05, 0) is 17.7 Å². The van der Waals surface area contributed by atoms with Gasteiger partial charge in [-0.15, -0.1) is 0 Å². The van der Waals surface area contributed by atoms with Gasteiger partial charge in [-0.25, -0.2) is 0 Å². The Hall–Kier alpha value is -1.23. The summed E-state index contributed by atoms with van der Waals surface area (Å²) in [6, 6.07) is 3.44. The van der Waals surface area contributed by atoms with Crippen molar-refractivity contribution < 1.29 is 9.53 Å². The Bertz CT molecular complexity index is 366. The molecule has 1 rings (SSSR count). The van der Waals surface area contributed by atoms with Crippen molar-refractivity contribution in [2.75, 3.05) is 18.6 Å². The van der Waals surface area contributed by atoms with Crippen LogP contribution < -0.4 is 11.5 Å². The lowest BCUT2D eigenvalue weighted by molar-refractivity contribution is -0.139. The van der Waals surface area contributed by atoms with Gasteiger partial charge >= 0.3 is 5.97 Å². The van der Waals surface area contributed by atoms with E-state index in [1.54, 1.807) is 12.1 Å². The SMILES string of the molecule is COC(=O)Cc1cc(Br)cc(N)c1N. The Morgan fingerprint density at radius 3 is 2.71 bits per heavy atom. The molecule has 0 aliphatic rings. The molecule has 0 fully saturated rings. The van der Waals surface area contributed by atoms with Crippen LogP contribution in [0.2, 0.25) is 0 Å². The van der Waals surface area contributed by atoms with E-state index in [0.29, 0.717) is 16.9 Å². The lowest BCUT2D eigenvalue weighted by Gasteiger charge is -2.07. The number of benzene rings is 1. The van der Waals surface area contributed by atoms with Gasteiger partial charge in [0.25, 0.3) is 0 Å². The van der Waals surface area contributed by atoms with Gasteiger partial charge in [0.1, 0.15) is 0 Å². The molecule has 0 saturated heterocycles. The molecule has 1 aromatic rings. The standard InChI is InChI=1S/C9H11BrN2O2/c1-14-8(13)3-5-2-6(10)4-7(11)9(5)12/h2,4H,3,11-12H2,1H3. The Morgan fingerprint density at radius 1 is 1.50 bits per heavy atom. The molecule has 76 valence electrons. The highest BCUT2D eigenvalue weighted by Gasteiger charge is 2.09. The molecule has 0 heterocycles. The fourth-order valence-electron chi connectivity index (χ4n) is 1.07. The van der Waals surface area contributed by atoms with E-state index in [1.807, 2.05) is 0 Å². The van der Waals surface area contributed by atoms with Gasteiger partial charge in [-0.3, -0.25) is 4.79 Å². The van der Waals surface area contributed by atoms with Crippen LogP contribution in [0.25, 0.3) is 0 Å². The molecule has 0 unspecified atom stereocenters. The summed E-state index contributed by atoms with van der Waals surface area (Å²) >= 11 is 3.27. The average molecular weight is 259 g/mol. The molecule has 0 aromatic heterocycles. The number of ether oxygens (including phenoxy) is 1. The monoisotopic (exact) mass is 258 g/mol. The van der Waals surface area contributed by atoms with Gasteiger partial charge in [0.15, 0.2) is 0 Å².